The van der Waals surface area contributed by atoms with E-state index in [0.29, 0.717) is 43.9 Å². The number of rotatable bonds is 19. The lowest BCUT2D eigenvalue weighted by Gasteiger charge is -2.36. The molecule has 2 heterocycles. The number of amides is 1. The highest BCUT2D eigenvalue weighted by molar-refractivity contribution is 5.82. The van der Waals surface area contributed by atoms with Gasteiger partial charge in [0.2, 0.25) is 5.91 Å². The zero-order valence-electron chi connectivity index (χ0n) is 33.7. The van der Waals surface area contributed by atoms with Crippen molar-refractivity contribution in [3.8, 4) is 23.0 Å². The molecule has 0 aliphatic carbocycles. The van der Waals surface area contributed by atoms with E-state index in [2.05, 4.69) is 33.3 Å². The molecule has 0 aromatic heterocycles. The summed E-state index contributed by atoms with van der Waals surface area (Å²) in [6.07, 6.45) is 5.48. The van der Waals surface area contributed by atoms with Gasteiger partial charge in [0.1, 0.15) is 29.8 Å². The van der Waals surface area contributed by atoms with Crippen LogP contribution in [-0.4, -0.2) is 107 Å². The van der Waals surface area contributed by atoms with Crippen LogP contribution in [0.2, 0.25) is 0 Å². The maximum Gasteiger partial charge on any atom is 0.237 e. The minimum Gasteiger partial charge on any atom is -0.508 e. The second-order valence-electron chi connectivity index (χ2n) is 15.1. The highest BCUT2D eigenvalue weighted by Gasteiger charge is 2.34. The Bertz CT molecular complexity index is 2000. The number of unbranched alkanes of at least 4 members (excludes halogenated alkanes) is 2. The molecule has 1 unspecified atom stereocenters. The van der Waals surface area contributed by atoms with E-state index in [4.69, 9.17) is 14.2 Å². The van der Waals surface area contributed by atoms with Crippen LogP contribution in [0.15, 0.2) is 78.9 Å². The molecule has 2 aliphatic rings. The third kappa shape index (κ3) is 10.3. The maximum absolute atomic E-state index is 14.3. The first-order valence-electron chi connectivity index (χ1n) is 20.2. The number of aromatic hydroxyl groups is 1. The van der Waals surface area contributed by atoms with Crippen LogP contribution in [-0.2, 0) is 16.1 Å². The van der Waals surface area contributed by atoms with Crippen molar-refractivity contribution >= 4 is 24.2 Å². The van der Waals surface area contributed by atoms with E-state index in [1.165, 1.54) is 13.2 Å². The molecule has 11 nitrogen and oxygen atoms in total. The molecule has 4 aromatic rings. The maximum atomic E-state index is 14.3. The van der Waals surface area contributed by atoms with E-state index in [0.717, 1.165) is 98.2 Å². The lowest BCUT2D eigenvalue weighted by Crippen LogP contribution is -2.46. The third-order valence-corrected chi connectivity index (χ3v) is 11.4. The van der Waals surface area contributed by atoms with Crippen molar-refractivity contribution < 1.29 is 38.1 Å². The van der Waals surface area contributed by atoms with Gasteiger partial charge in [0.05, 0.1) is 26.4 Å². The molecule has 12 heteroatoms. The Labute approximate surface area is 340 Å². The second-order valence-corrected chi connectivity index (χ2v) is 15.1. The Balaban J connectivity index is 0.961. The van der Waals surface area contributed by atoms with E-state index in [1.54, 1.807) is 31.3 Å². The minimum atomic E-state index is -0.463. The smallest absolute Gasteiger partial charge is 0.237 e. The number of phenolic OH excluding ortho intramolecular Hbond substituents is 1. The highest BCUT2D eigenvalue weighted by Crippen LogP contribution is 2.47. The number of benzene rings is 4. The molecule has 308 valence electrons. The molecule has 0 spiro atoms. The summed E-state index contributed by atoms with van der Waals surface area (Å²) in [5.41, 5.74) is 5.46. The first-order valence-corrected chi connectivity index (χ1v) is 20.2. The number of halogens is 1. The summed E-state index contributed by atoms with van der Waals surface area (Å²) in [5, 5.41) is 12.8. The standard InChI is InChI=1S/C46H55FN4O7/c1-48-46(55)42(8-7-24-52)49(2)29-35-26-36(13-9-34(35)30-53)51-22-20-50(21-23-51)19-5-4-6-25-57-38-15-10-32(11-16-38)45-39-17-14-37(54)28-43(39)58-31-40(45)33-12-18-41(47)44(27-33)56-3/h9-18,24,26-28,30,40,42,45,54H,4-8,19-23,25,29,31H2,1-3H3,(H,48,55)/t40-,42?,45-/m1/s1. The number of ether oxygens (including phenoxy) is 3. The molecule has 2 aliphatic heterocycles. The fourth-order valence-corrected chi connectivity index (χ4v) is 8.17. The minimum absolute atomic E-state index is 0.0853. The van der Waals surface area contributed by atoms with Gasteiger partial charge < -0.3 is 34.3 Å². The van der Waals surface area contributed by atoms with Gasteiger partial charge in [-0.15, -0.1) is 0 Å². The average molecular weight is 795 g/mol. The Morgan fingerprint density at radius 1 is 0.983 bits per heavy atom. The summed E-state index contributed by atoms with van der Waals surface area (Å²) in [6.45, 7) is 6.11. The third-order valence-electron chi connectivity index (χ3n) is 11.4. The number of carbonyl (C=O) groups excluding carboxylic acids is 3. The van der Waals surface area contributed by atoms with Crippen LogP contribution < -0.4 is 24.4 Å². The Morgan fingerprint density at radius 3 is 2.48 bits per heavy atom. The van der Waals surface area contributed by atoms with Gasteiger partial charge in [0.15, 0.2) is 11.6 Å². The fraction of sp³-hybridized carbons (Fsp3) is 0.413. The summed E-state index contributed by atoms with van der Waals surface area (Å²) in [5.74, 6) is 1.03. The molecule has 2 N–H and O–H groups in total. The molecule has 1 saturated heterocycles. The topological polar surface area (TPSA) is 121 Å². The summed E-state index contributed by atoms with van der Waals surface area (Å²) in [6, 6.07) is 23.7. The van der Waals surface area contributed by atoms with Gasteiger partial charge in [0, 0.05) is 80.9 Å². The molecule has 6 rings (SSSR count). The number of aldehydes is 2. The summed E-state index contributed by atoms with van der Waals surface area (Å²) < 4.78 is 31.8. The van der Waals surface area contributed by atoms with Crippen molar-refractivity contribution in [2.45, 2.75) is 56.5 Å². The highest BCUT2D eigenvalue weighted by atomic mass is 19.1. The number of carbonyl (C=O) groups is 3. The zero-order chi connectivity index (χ0) is 41.0. The van der Waals surface area contributed by atoms with Crippen LogP contribution >= 0.6 is 0 Å². The lowest BCUT2D eigenvalue weighted by atomic mass is 9.76. The van der Waals surface area contributed by atoms with Crippen LogP contribution in [0.1, 0.15) is 76.6 Å². The zero-order valence-corrected chi connectivity index (χ0v) is 33.7. The fourth-order valence-electron chi connectivity index (χ4n) is 8.17. The van der Waals surface area contributed by atoms with E-state index < -0.39 is 11.9 Å². The van der Waals surface area contributed by atoms with Crippen molar-refractivity contribution in [2.24, 2.45) is 0 Å². The van der Waals surface area contributed by atoms with Crippen LogP contribution in [0.5, 0.6) is 23.0 Å². The molecule has 3 atom stereocenters. The van der Waals surface area contributed by atoms with Crippen LogP contribution in [0.25, 0.3) is 0 Å². The molecular weight excluding hydrogens is 740 g/mol. The number of hydrogen-bond acceptors (Lipinski definition) is 10. The van der Waals surface area contributed by atoms with Crippen molar-refractivity contribution in [1.29, 1.82) is 0 Å². The number of piperazine rings is 1. The normalized spacial score (nSPS) is 17.2. The van der Waals surface area contributed by atoms with Gasteiger partial charge >= 0.3 is 0 Å². The SMILES string of the molecule is CNC(=O)C(CCC=O)N(C)Cc1cc(N2CCN(CCCCCOc3ccc([C@@H]4c5ccc(O)cc5OC[C@@H]4c4ccc(F)c(OC)c4)cc3)CC2)ccc1C=O. The summed E-state index contributed by atoms with van der Waals surface area (Å²) in [4.78, 5) is 42.2. The predicted molar refractivity (Wildman–Crippen MR) is 222 cm³/mol. The van der Waals surface area contributed by atoms with Gasteiger partial charge in [-0.25, -0.2) is 4.39 Å². The first-order chi connectivity index (χ1) is 28.2. The average Bonchev–Trinajstić information content (AvgIpc) is 3.25. The number of nitrogens with zero attached hydrogens (tertiary/aromatic N) is 3. The number of anilines is 1. The van der Waals surface area contributed by atoms with Gasteiger partial charge in [-0.05, 0) is 104 Å². The van der Waals surface area contributed by atoms with Crippen molar-refractivity contribution in [3.05, 3.63) is 112 Å². The van der Waals surface area contributed by atoms with Crippen molar-refractivity contribution in [3.63, 3.8) is 0 Å². The van der Waals surface area contributed by atoms with Crippen LogP contribution in [0, 0.1) is 5.82 Å². The number of methoxy groups -OCH3 is 1. The van der Waals surface area contributed by atoms with E-state index >= 15 is 0 Å². The predicted octanol–water partition coefficient (Wildman–Crippen LogP) is 6.56. The summed E-state index contributed by atoms with van der Waals surface area (Å²) in [7, 11) is 4.90. The van der Waals surface area contributed by atoms with Gasteiger partial charge in [-0.2, -0.15) is 0 Å². The van der Waals surface area contributed by atoms with Gasteiger partial charge in [0.25, 0.3) is 0 Å². The molecule has 4 aromatic carbocycles. The Kier molecular flexibility index (Phi) is 14.8. The number of likely N-dealkylation sites (N-methyl/N-ethyl adjacent to an activating group) is 2. The quantitative estimate of drug-likeness (QED) is 0.0799. The molecule has 58 heavy (non-hydrogen) atoms. The monoisotopic (exact) mass is 794 g/mol. The number of phenols is 1. The van der Waals surface area contributed by atoms with Crippen LogP contribution in [0.3, 0.4) is 0 Å². The first kappa shape index (κ1) is 42.2. The lowest BCUT2D eigenvalue weighted by molar-refractivity contribution is -0.126. The van der Waals surface area contributed by atoms with E-state index in [9.17, 15) is 23.9 Å². The molecule has 0 radical (unpaired) electrons. The van der Waals surface area contributed by atoms with E-state index in [-0.39, 0.29) is 29.2 Å². The molecule has 1 amide bonds. The molecule has 0 bridgehead atoms. The molecule has 0 saturated carbocycles. The Morgan fingerprint density at radius 2 is 1.76 bits per heavy atom. The van der Waals surface area contributed by atoms with Crippen LogP contribution in [0.4, 0.5) is 10.1 Å². The number of hydrogen-bond donors (Lipinski definition) is 2. The van der Waals surface area contributed by atoms with Crippen molar-refractivity contribution in [2.75, 3.05) is 72.0 Å². The summed E-state index contributed by atoms with van der Waals surface area (Å²) >= 11 is 0. The van der Waals surface area contributed by atoms with Gasteiger partial charge in [-0.3, -0.25) is 19.4 Å². The van der Waals surface area contributed by atoms with Crippen molar-refractivity contribution in [1.82, 2.24) is 15.1 Å². The molecule has 1 fully saturated rings. The number of nitrogens with one attached hydrogen (secondary N) is 1. The second kappa shape index (κ2) is 20.3. The molecular formula is C46H55FN4O7. The number of fused-ring (bicyclic) bond motifs is 1. The van der Waals surface area contributed by atoms with Gasteiger partial charge in [-0.1, -0.05) is 24.3 Å². The van der Waals surface area contributed by atoms with E-state index in [1.807, 2.05) is 42.3 Å². The largest absolute Gasteiger partial charge is 0.508 e. The Hall–Kier alpha value is -5.46.